The Morgan fingerprint density at radius 3 is 2.67 bits per heavy atom. The third-order valence-electron chi connectivity index (χ3n) is 3.50. The lowest BCUT2D eigenvalue weighted by Gasteiger charge is -2.12. The molecule has 0 fully saturated rings. The molecule has 0 atom stereocenters. The molecule has 0 unspecified atom stereocenters. The van der Waals surface area contributed by atoms with Crippen LogP contribution in [0.4, 0.5) is 5.69 Å². The molecule has 2 aromatic carbocycles. The number of ether oxygens (including phenoxy) is 1. The van der Waals surface area contributed by atoms with Crippen molar-refractivity contribution in [2.24, 2.45) is 0 Å². The number of benzene rings is 2. The summed E-state index contributed by atoms with van der Waals surface area (Å²) in [6.07, 6.45) is 1.84. The van der Waals surface area contributed by atoms with Crippen LogP contribution in [0, 0.1) is 0 Å². The molecule has 0 saturated carbocycles. The molecule has 3 rings (SSSR count). The van der Waals surface area contributed by atoms with Gasteiger partial charge in [0.15, 0.2) is 0 Å². The van der Waals surface area contributed by atoms with Crippen LogP contribution in [0.3, 0.4) is 0 Å². The number of anilines is 1. The molecular weight excluding hydrogens is 260 g/mol. The van der Waals surface area contributed by atoms with E-state index in [1.165, 1.54) is 10.9 Å². The zero-order valence-corrected chi connectivity index (χ0v) is 12.0. The van der Waals surface area contributed by atoms with Gasteiger partial charge in [-0.2, -0.15) is 0 Å². The molecule has 1 aromatic heterocycles. The van der Waals surface area contributed by atoms with Crippen molar-refractivity contribution >= 4 is 16.6 Å². The minimum atomic E-state index is 0.608. The van der Waals surface area contributed by atoms with Gasteiger partial charge in [0, 0.05) is 36.5 Å². The van der Waals surface area contributed by atoms with E-state index in [4.69, 9.17) is 4.74 Å². The number of aromatic nitrogens is 1. The molecule has 1 N–H and O–H groups in total. The predicted molar refractivity (Wildman–Crippen MR) is 86.2 cm³/mol. The second kappa shape index (κ2) is 6.37. The summed E-state index contributed by atoms with van der Waals surface area (Å²) >= 11 is 0. The number of hydrogen-bond acceptors (Lipinski definition) is 3. The van der Waals surface area contributed by atoms with E-state index in [1.54, 1.807) is 7.11 Å². The van der Waals surface area contributed by atoms with E-state index in [0.717, 1.165) is 23.3 Å². The van der Waals surface area contributed by atoms with Crippen molar-refractivity contribution in [3.8, 4) is 0 Å². The van der Waals surface area contributed by atoms with Crippen LogP contribution >= 0.6 is 0 Å². The number of rotatable bonds is 5. The van der Waals surface area contributed by atoms with Crippen molar-refractivity contribution in [2.75, 3.05) is 12.4 Å². The molecule has 0 amide bonds. The monoisotopic (exact) mass is 278 g/mol. The second-order valence-corrected chi connectivity index (χ2v) is 4.94. The summed E-state index contributed by atoms with van der Waals surface area (Å²) in [6.45, 7) is 1.35. The summed E-state index contributed by atoms with van der Waals surface area (Å²) in [5.41, 5.74) is 4.51. The first-order valence-corrected chi connectivity index (χ1v) is 7.02. The predicted octanol–water partition coefficient (Wildman–Crippen LogP) is 3.99. The largest absolute Gasteiger partial charge is 0.381 e. The van der Waals surface area contributed by atoms with Gasteiger partial charge in [0.1, 0.15) is 0 Å². The standard InChI is InChI=1S/C18H18N2O/c1-21-13-16-6-2-3-10-17(16)20-12-15-8-4-7-14-9-5-11-19-18(14)15/h2-11,20H,12-13H2,1H3. The van der Waals surface area contributed by atoms with Gasteiger partial charge in [-0.25, -0.2) is 0 Å². The van der Waals surface area contributed by atoms with E-state index < -0.39 is 0 Å². The van der Waals surface area contributed by atoms with E-state index in [1.807, 2.05) is 24.4 Å². The molecule has 3 nitrogen and oxygen atoms in total. The summed E-state index contributed by atoms with van der Waals surface area (Å²) in [7, 11) is 1.71. The van der Waals surface area contributed by atoms with E-state index >= 15 is 0 Å². The lowest BCUT2D eigenvalue weighted by atomic mass is 10.1. The number of pyridine rings is 1. The highest BCUT2D eigenvalue weighted by Crippen LogP contribution is 2.20. The van der Waals surface area contributed by atoms with Crippen LogP contribution in [0.2, 0.25) is 0 Å². The van der Waals surface area contributed by atoms with Crippen molar-refractivity contribution in [1.29, 1.82) is 0 Å². The maximum atomic E-state index is 5.24. The van der Waals surface area contributed by atoms with Gasteiger partial charge < -0.3 is 10.1 Å². The number of nitrogens with zero attached hydrogens (tertiary/aromatic N) is 1. The van der Waals surface area contributed by atoms with Gasteiger partial charge in [-0.1, -0.05) is 42.5 Å². The Morgan fingerprint density at radius 2 is 1.76 bits per heavy atom. The Bertz CT molecular complexity index is 735. The number of fused-ring (bicyclic) bond motifs is 1. The van der Waals surface area contributed by atoms with Gasteiger partial charge in [-0.15, -0.1) is 0 Å². The molecule has 0 aliphatic heterocycles. The second-order valence-electron chi connectivity index (χ2n) is 4.94. The van der Waals surface area contributed by atoms with Crippen molar-refractivity contribution in [1.82, 2.24) is 4.98 Å². The lowest BCUT2D eigenvalue weighted by molar-refractivity contribution is 0.185. The SMILES string of the molecule is COCc1ccccc1NCc1cccc2cccnc12. The van der Waals surface area contributed by atoms with E-state index in [9.17, 15) is 0 Å². The normalized spacial score (nSPS) is 10.7. The first-order valence-electron chi connectivity index (χ1n) is 7.02. The zero-order valence-electron chi connectivity index (χ0n) is 12.0. The molecule has 0 radical (unpaired) electrons. The quantitative estimate of drug-likeness (QED) is 0.766. The fourth-order valence-electron chi connectivity index (χ4n) is 2.47. The van der Waals surface area contributed by atoms with Gasteiger partial charge in [0.05, 0.1) is 12.1 Å². The highest BCUT2D eigenvalue weighted by Gasteiger charge is 2.04. The maximum absolute atomic E-state index is 5.24. The summed E-state index contributed by atoms with van der Waals surface area (Å²) in [4.78, 5) is 4.49. The highest BCUT2D eigenvalue weighted by molar-refractivity contribution is 5.81. The third-order valence-corrected chi connectivity index (χ3v) is 3.50. The number of hydrogen-bond donors (Lipinski definition) is 1. The molecule has 0 spiro atoms. The topological polar surface area (TPSA) is 34.1 Å². The molecule has 3 heteroatoms. The summed E-state index contributed by atoms with van der Waals surface area (Å²) in [6, 6.07) is 18.5. The van der Waals surface area contributed by atoms with Crippen LogP contribution in [0.1, 0.15) is 11.1 Å². The number of para-hydroxylation sites is 2. The zero-order chi connectivity index (χ0) is 14.5. The van der Waals surface area contributed by atoms with Crippen LogP contribution in [0.5, 0.6) is 0 Å². The molecular formula is C18H18N2O. The smallest absolute Gasteiger partial charge is 0.0751 e. The summed E-state index contributed by atoms with van der Waals surface area (Å²) in [5.74, 6) is 0. The highest BCUT2D eigenvalue weighted by atomic mass is 16.5. The van der Waals surface area contributed by atoms with Crippen LogP contribution in [-0.2, 0) is 17.9 Å². The number of methoxy groups -OCH3 is 1. The molecule has 21 heavy (non-hydrogen) atoms. The van der Waals surface area contributed by atoms with Crippen LogP contribution in [0.15, 0.2) is 60.8 Å². The molecule has 0 bridgehead atoms. The van der Waals surface area contributed by atoms with E-state index in [-0.39, 0.29) is 0 Å². The fraction of sp³-hybridized carbons (Fsp3) is 0.167. The Balaban J connectivity index is 1.84. The Morgan fingerprint density at radius 1 is 0.952 bits per heavy atom. The minimum Gasteiger partial charge on any atom is -0.381 e. The summed E-state index contributed by atoms with van der Waals surface area (Å²) in [5, 5.41) is 4.65. The molecule has 106 valence electrons. The Kier molecular flexibility index (Phi) is 4.12. The van der Waals surface area contributed by atoms with Gasteiger partial charge >= 0.3 is 0 Å². The Hall–Kier alpha value is -2.39. The van der Waals surface area contributed by atoms with E-state index in [0.29, 0.717) is 6.61 Å². The molecule has 0 saturated heterocycles. The average Bonchev–Trinajstić information content (AvgIpc) is 2.54. The van der Waals surface area contributed by atoms with Crippen LogP contribution < -0.4 is 5.32 Å². The summed E-state index contributed by atoms with van der Waals surface area (Å²) < 4.78 is 5.24. The maximum Gasteiger partial charge on any atom is 0.0751 e. The van der Waals surface area contributed by atoms with Crippen molar-refractivity contribution in [2.45, 2.75) is 13.2 Å². The first-order chi connectivity index (χ1) is 10.4. The van der Waals surface area contributed by atoms with E-state index in [2.05, 4.69) is 46.7 Å². The lowest BCUT2D eigenvalue weighted by Crippen LogP contribution is -2.04. The molecule has 1 heterocycles. The van der Waals surface area contributed by atoms with Crippen molar-refractivity contribution < 1.29 is 4.74 Å². The van der Waals surface area contributed by atoms with Crippen LogP contribution in [-0.4, -0.2) is 12.1 Å². The van der Waals surface area contributed by atoms with Gasteiger partial charge in [0.2, 0.25) is 0 Å². The molecule has 0 aliphatic carbocycles. The number of nitrogens with one attached hydrogen (secondary N) is 1. The molecule has 0 aliphatic rings. The Labute approximate surface area is 124 Å². The first kappa shape index (κ1) is 13.6. The van der Waals surface area contributed by atoms with Crippen LogP contribution in [0.25, 0.3) is 10.9 Å². The molecule has 3 aromatic rings. The van der Waals surface area contributed by atoms with Crippen molar-refractivity contribution in [3.05, 3.63) is 71.9 Å². The van der Waals surface area contributed by atoms with Crippen molar-refractivity contribution in [3.63, 3.8) is 0 Å². The van der Waals surface area contributed by atoms with Gasteiger partial charge in [-0.3, -0.25) is 4.98 Å². The third kappa shape index (κ3) is 3.03. The van der Waals surface area contributed by atoms with Gasteiger partial charge in [-0.05, 0) is 17.7 Å². The van der Waals surface area contributed by atoms with Gasteiger partial charge in [0.25, 0.3) is 0 Å². The fourth-order valence-corrected chi connectivity index (χ4v) is 2.47. The minimum absolute atomic E-state index is 0.608. The average molecular weight is 278 g/mol.